The molecule has 1 aliphatic heterocycles. The van der Waals surface area contributed by atoms with Gasteiger partial charge in [0, 0.05) is 46.4 Å². The predicted molar refractivity (Wildman–Crippen MR) is 288 cm³/mol. The Balaban J connectivity index is 1.03. The Morgan fingerprint density at radius 2 is 1.15 bits per heavy atom. The molecule has 0 bridgehead atoms. The van der Waals surface area contributed by atoms with E-state index in [4.69, 9.17) is 9.72 Å². The summed E-state index contributed by atoms with van der Waals surface area (Å²) in [5.41, 5.74) is 14.0. The van der Waals surface area contributed by atoms with Gasteiger partial charge in [-0.15, -0.1) is 0 Å². The van der Waals surface area contributed by atoms with Gasteiger partial charge in [-0.05, 0) is 149 Å². The number of aromatic nitrogens is 2. The second-order valence-corrected chi connectivity index (χ2v) is 21.1. The molecule has 0 atom stereocenters. The quantitative estimate of drug-likeness (QED) is 0.144. The van der Waals surface area contributed by atoms with Gasteiger partial charge in [0.15, 0.2) is 0 Å². The first kappa shape index (κ1) is 44.9. The van der Waals surface area contributed by atoms with Crippen LogP contribution >= 0.6 is 0 Å². The lowest BCUT2D eigenvalue weighted by molar-refractivity contribution is 0.436. The minimum atomic E-state index is -0.601. The van der Waals surface area contributed by atoms with Gasteiger partial charge in [-0.3, -0.25) is 4.57 Å². The number of anilines is 4. The predicted octanol–water partition coefficient (Wildman–Crippen LogP) is 18.2. The molecule has 9 aromatic rings. The van der Waals surface area contributed by atoms with Gasteiger partial charge >= 0.3 is 0 Å². The third kappa shape index (κ3) is 8.53. The van der Waals surface area contributed by atoms with Crippen LogP contribution in [0.4, 0.5) is 31.5 Å². The fourth-order valence-corrected chi connectivity index (χ4v) is 12.1. The van der Waals surface area contributed by atoms with Crippen LogP contribution in [0.2, 0.25) is 0 Å². The SMILES string of the molecule is CC(C)(C)c1ccnc(-n2c3ccccc3c3ccc(Oc4cc(-c5c(C6CCCCC6)cccc5C5CCCCC5)cc(N5CN(c6ccccc6-c6cc(F)cc(F)c6)c6ccccc65)c4)cc32)c1. The molecule has 7 aromatic carbocycles. The molecule has 2 aromatic heterocycles. The molecular formula is C64H60F2N4O. The fourth-order valence-electron chi connectivity index (χ4n) is 12.1. The molecule has 3 heterocycles. The second kappa shape index (κ2) is 18.5. The van der Waals surface area contributed by atoms with E-state index in [1.54, 1.807) is 0 Å². The lowest BCUT2D eigenvalue weighted by Crippen LogP contribution is -2.24. The molecule has 0 radical (unpaired) electrons. The van der Waals surface area contributed by atoms with E-state index in [0.717, 1.165) is 73.5 Å². The zero-order valence-electron chi connectivity index (χ0n) is 41.0. The van der Waals surface area contributed by atoms with Crippen LogP contribution in [-0.2, 0) is 5.41 Å². The van der Waals surface area contributed by atoms with Gasteiger partial charge in [0.2, 0.25) is 0 Å². The van der Waals surface area contributed by atoms with Crippen LogP contribution in [-0.4, -0.2) is 16.2 Å². The van der Waals surface area contributed by atoms with Crippen molar-refractivity contribution < 1.29 is 13.5 Å². The Hall–Kier alpha value is -7.25. The maximum absolute atomic E-state index is 14.8. The normalized spacial score (nSPS) is 15.7. The Morgan fingerprint density at radius 1 is 0.521 bits per heavy atom. The van der Waals surface area contributed by atoms with Crippen molar-refractivity contribution in [3.8, 4) is 39.6 Å². The summed E-state index contributed by atoms with van der Waals surface area (Å²) in [4.78, 5) is 9.59. The van der Waals surface area contributed by atoms with E-state index < -0.39 is 11.6 Å². The van der Waals surface area contributed by atoms with Crippen molar-refractivity contribution in [1.82, 2.24) is 9.55 Å². The minimum absolute atomic E-state index is 0.0448. The highest BCUT2D eigenvalue weighted by Gasteiger charge is 2.32. The van der Waals surface area contributed by atoms with Crippen molar-refractivity contribution in [2.45, 2.75) is 102 Å². The van der Waals surface area contributed by atoms with Crippen LogP contribution in [0.15, 0.2) is 164 Å². The van der Waals surface area contributed by atoms with Crippen LogP contribution in [0.5, 0.6) is 11.5 Å². The number of nitrogens with zero attached hydrogens (tertiary/aromatic N) is 4. The molecule has 0 amide bonds. The fraction of sp³-hybridized carbons (Fsp3) is 0.266. The summed E-state index contributed by atoms with van der Waals surface area (Å²) in [6.45, 7) is 7.20. The molecule has 3 aliphatic rings. The molecule has 0 spiro atoms. The maximum Gasteiger partial charge on any atom is 0.137 e. The van der Waals surface area contributed by atoms with Crippen molar-refractivity contribution in [2.24, 2.45) is 0 Å². The van der Waals surface area contributed by atoms with Crippen molar-refractivity contribution >= 4 is 44.6 Å². The van der Waals surface area contributed by atoms with E-state index >= 15 is 0 Å². The lowest BCUT2D eigenvalue weighted by atomic mass is 9.75. The number of benzene rings is 7. The summed E-state index contributed by atoms with van der Waals surface area (Å²) < 4.78 is 39.1. The van der Waals surface area contributed by atoms with Crippen LogP contribution < -0.4 is 14.5 Å². The number of halogens is 2. The summed E-state index contributed by atoms with van der Waals surface area (Å²) in [7, 11) is 0. The molecule has 71 heavy (non-hydrogen) atoms. The maximum atomic E-state index is 14.8. The molecular weight excluding hydrogens is 879 g/mol. The zero-order valence-corrected chi connectivity index (χ0v) is 41.0. The van der Waals surface area contributed by atoms with Crippen LogP contribution in [0.1, 0.15) is 114 Å². The number of rotatable bonds is 9. The zero-order chi connectivity index (χ0) is 48.2. The second-order valence-electron chi connectivity index (χ2n) is 21.1. The number of fused-ring (bicyclic) bond motifs is 4. The number of pyridine rings is 1. The van der Waals surface area contributed by atoms with Crippen LogP contribution in [0.3, 0.4) is 0 Å². The molecule has 2 fully saturated rings. The molecule has 2 saturated carbocycles. The Bertz CT molecular complexity index is 3390. The summed E-state index contributed by atoms with van der Waals surface area (Å²) in [5.74, 6) is 2.17. The molecule has 0 N–H and O–H groups in total. The summed E-state index contributed by atoms with van der Waals surface area (Å²) in [6.07, 6.45) is 14.4. The van der Waals surface area contributed by atoms with E-state index in [0.29, 0.717) is 24.1 Å². The van der Waals surface area contributed by atoms with Gasteiger partial charge in [-0.2, -0.15) is 0 Å². The smallest absolute Gasteiger partial charge is 0.137 e. The number of hydrogen-bond acceptors (Lipinski definition) is 4. The molecule has 0 unspecified atom stereocenters. The Morgan fingerprint density at radius 3 is 1.86 bits per heavy atom. The highest BCUT2D eigenvalue weighted by atomic mass is 19.1. The van der Waals surface area contributed by atoms with E-state index in [-0.39, 0.29) is 5.41 Å². The third-order valence-electron chi connectivity index (χ3n) is 15.5. The van der Waals surface area contributed by atoms with Crippen molar-refractivity contribution in [3.63, 3.8) is 0 Å². The van der Waals surface area contributed by atoms with Crippen LogP contribution in [0, 0.1) is 11.6 Å². The topological polar surface area (TPSA) is 33.5 Å². The lowest BCUT2D eigenvalue weighted by Gasteiger charge is -2.30. The average molecular weight is 939 g/mol. The summed E-state index contributed by atoms with van der Waals surface area (Å²) in [5, 5.41) is 2.30. The number of ether oxygens (including phenoxy) is 1. The molecule has 0 saturated heterocycles. The van der Waals surface area contributed by atoms with Gasteiger partial charge < -0.3 is 14.5 Å². The van der Waals surface area contributed by atoms with Gasteiger partial charge in [0.1, 0.15) is 35.6 Å². The van der Waals surface area contributed by atoms with Gasteiger partial charge in [-0.1, -0.05) is 126 Å². The molecule has 12 rings (SSSR count). The number of hydrogen-bond donors (Lipinski definition) is 0. The molecule has 2 aliphatic carbocycles. The first-order valence-corrected chi connectivity index (χ1v) is 25.8. The Kier molecular flexibility index (Phi) is 11.7. The largest absolute Gasteiger partial charge is 0.457 e. The van der Waals surface area contributed by atoms with E-state index in [2.05, 4.69) is 150 Å². The average Bonchev–Trinajstić information content (AvgIpc) is 3.95. The molecule has 5 nitrogen and oxygen atoms in total. The highest BCUT2D eigenvalue weighted by Crippen LogP contribution is 2.51. The van der Waals surface area contributed by atoms with Gasteiger partial charge in [0.25, 0.3) is 0 Å². The first-order valence-electron chi connectivity index (χ1n) is 25.8. The first-order chi connectivity index (χ1) is 34.6. The van der Waals surface area contributed by atoms with Crippen molar-refractivity contribution in [2.75, 3.05) is 16.5 Å². The van der Waals surface area contributed by atoms with E-state index in [1.165, 1.54) is 104 Å². The van der Waals surface area contributed by atoms with E-state index in [1.807, 2.05) is 30.5 Å². The third-order valence-corrected chi connectivity index (χ3v) is 15.5. The van der Waals surface area contributed by atoms with Crippen molar-refractivity contribution in [1.29, 1.82) is 0 Å². The van der Waals surface area contributed by atoms with Gasteiger partial charge in [-0.25, -0.2) is 13.8 Å². The highest BCUT2D eigenvalue weighted by molar-refractivity contribution is 6.09. The van der Waals surface area contributed by atoms with Gasteiger partial charge in [0.05, 0.1) is 28.1 Å². The number of para-hydroxylation sites is 4. The summed E-state index contributed by atoms with van der Waals surface area (Å²) in [6, 6.07) is 53.5. The van der Waals surface area contributed by atoms with Crippen molar-refractivity contribution in [3.05, 3.63) is 192 Å². The minimum Gasteiger partial charge on any atom is -0.457 e. The molecule has 356 valence electrons. The standard InChI is InChI=1S/C64H60F2N4O/c1-64(2,3)46-31-32-67-62(37-46)70-58-26-13-11-22-55(58)56-30-29-50(40-61(56)70)71-51-36-45(63-53(42-17-6-4-7-18-42)23-16-24-54(63)43-19-8-5-9-20-43)35-49(39-51)68-41-69(60-28-15-14-27-59(60)68)57-25-12-10-21-52(57)44-33-47(65)38-48(66)34-44/h10-16,21-40,42-43H,4-9,17-20,41H2,1-3H3. The monoisotopic (exact) mass is 938 g/mol. The Labute approximate surface area is 416 Å². The summed E-state index contributed by atoms with van der Waals surface area (Å²) >= 11 is 0. The van der Waals surface area contributed by atoms with Crippen LogP contribution in [0.25, 0.3) is 49.9 Å². The molecule has 7 heteroatoms. The van der Waals surface area contributed by atoms with E-state index in [9.17, 15) is 8.78 Å².